The maximum Gasteiger partial charge on any atom is 0.230 e. The Morgan fingerprint density at radius 3 is 2.83 bits per heavy atom. The molecule has 4 nitrogen and oxygen atoms in total. The van der Waals surface area contributed by atoms with E-state index in [1.165, 1.54) is 0 Å². The predicted molar refractivity (Wildman–Crippen MR) is 72.4 cm³/mol. The summed E-state index contributed by atoms with van der Waals surface area (Å²) in [6.07, 6.45) is 4.45. The van der Waals surface area contributed by atoms with Crippen LogP contribution in [0.4, 0.5) is 5.69 Å². The summed E-state index contributed by atoms with van der Waals surface area (Å²) in [5.41, 5.74) is 1.48. The highest BCUT2D eigenvalue weighted by molar-refractivity contribution is 5.95. The van der Waals surface area contributed by atoms with Crippen molar-refractivity contribution in [3.8, 4) is 0 Å². The topological polar surface area (TPSA) is 54.0 Å². The number of hydrogen-bond donors (Lipinski definition) is 2. The van der Waals surface area contributed by atoms with Gasteiger partial charge in [-0.2, -0.15) is 0 Å². The minimum atomic E-state index is -0.215. The van der Waals surface area contributed by atoms with E-state index in [2.05, 4.69) is 22.5 Å². The summed E-state index contributed by atoms with van der Waals surface area (Å²) < 4.78 is 0. The minimum Gasteiger partial charge on any atom is -0.324 e. The van der Waals surface area contributed by atoms with Crippen LogP contribution in [0.1, 0.15) is 31.9 Å². The second-order valence-corrected chi connectivity index (χ2v) is 4.97. The molecule has 1 aliphatic rings. The standard InChI is InChI=1S/C14H21N3O/c1-3-14(6-9-15-10-7-14)13(18)17-12-5-4-8-16-11(12)2/h4-5,8,15H,3,6-7,9-10H2,1-2H3,(H,17,18). The van der Waals surface area contributed by atoms with E-state index in [1.54, 1.807) is 6.20 Å². The van der Waals surface area contributed by atoms with Gasteiger partial charge >= 0.3 is 0 Å². The SMILES string of the molecule is CCC1(C(=O)Nc2cccnc2C)CCNCC1. The van der Waals surface area contributed by atoms with Crippen LogP contribution in [-0.2, 0) is 4.79 Å². The van der Waals surface area contributed by atoms with Gasteiger partial charge in [0.2, 0.25) is 5.91 Å². The van der Waals surface area contributed by atoms with Crippen LogP contribution in [0, 0.1) is 12.3 Å². The van der Waals surface area contributed by atoms with E-state index in [4.69, 9.17) is 0 Å². The molecule has 0 bridgehead atoms. The fraction of sp³-hybridized carbons (Fsp3) is 0.571. The fourth-order valence-corrected chi connectivity index (χ4v) is 2.52. The third-order valence-corrected chi connectivity index (χ3v) is 3.97. The molecule has 18 heavy (non-hydrogen) atoms. The van der Waals surface area contributed by atoms with Crippen LogP contribution in [0.15, 0.2) is 18.3 Å². The van der Waals surface area contributed by atoms with E-state index in [-0.39, 0.29) is 11.3 Å². The van der Waals surface area contributed by atoms with Gasteiger partial charge < -0.3 is 10.6 Å². The van der Waals surface area contributed by atoms with E-state index >= 15 is 0 Å². The fourth-order valence-electron chi connectivity index (χ4n) is 2.52. The maximum atomic E-state index is 12.5. The molecule has 1 amide bonds. The van der Waals surface area contributed by atoms with Crippen LogP contribution < -0.4 is 10.6 Å². The molecule has 2 N–H and O–H groups in total. The number of aromatic nitrogens is 1. The van der Waals surface area contributed by atoms with Crippen molar-refractivity contribution in [3.05, 3.63) is 24.0 Å². The molecule has 4 heteroatoms. The van der Waals surface area contributed by atoms with Crippen LogP contribution in [0.3, 0.4) is 0 Å². The average Bonchev–Trinajstić information content (AvgIpc) is 2.42. The van der Waals surface area contributed by atoms with Gasteiger partial charge in [0, 0.05) is 6.20 Å². The molecule has 1 saturated heterocycles. The number of nitrogens with one attached hydrogen (secondary N) is 2. The Kier molecular flexibility index (Phi) is 3.97. The summed E-state index contributed by atoms with van der Waals surface area (Å²) >= 11 is 0. The molecule has 1 fully saturated rings. The first-order valence-corrected chi connectivity index (χ1v) is 6.62. The van der Waals surface area contributed by atoms with E-state index in [9.17, 15) is 4.79 Å². The summed E-state index contributed by atoms with van der Waals surface area (Å²) in [5, 5.41) is 6.35. The largest absolute Gasteiger partial charge is 0.324 e. The minimum absolute atomic E-state index is 0.141. The number of amides is 1. The Bertz CT molecular complexity index is 425. The van der Waals surface area contributed by atoms with Gasteiger partial charge in [-0.3, -0.25) is 9.78 Å². The molecule has 0 spiro atoms. The number of aryl methyl sites for hydroxylation is 1. The normalized spacial score (nSPS) is 18.3. The molecule has 0 unspecified atom stereocenters. The summed E-state index contributed by atoms with van der Waals surface area (Å²) in [7, 11) is 0. The van der Waals surface area contributed by atoms with E-state index in [0.29, 0.717) is 0 Å². The Morgan fingerprint density at radius 1 is 1.50 bits per heavy atom. The van der Waals surface area contributed by atoms with Crippen molar-refractivity contribution in [3.63, 3.8) is 0 Å². The van der Waals surface area contributed by atoms with Crippen molar-refractivity contribution in [1.29, 1.82) is 0 Å². The Labute approximate surface area is 108 Å². The zero-order chi connectivity index (χ0) is 13.0. The van der Waals surface area contributed by atoms with Crippen LogP contribution >= 0.6 is 0 Å². The highest BCUT2D eigenvalue weighted by atomic mass is 16.2. The summed E-state index contributed by atoms with van der Waals surface area (Å²) in [6.45, 7) is 5.86. The molecule has 2 rings (SSSR count). The zero-order valence-electron chi connectivity index (χ0n) is 11.1. The number of carbonyl (C=O) groups excluding carboxylic acids is 1. The lowest BCUT2D eigenvalue weighted by molar-refractivity contribution is -0.127. The maximum absolute atomic E-state index is 12.5. The number of piperidine rings is 1. The van der Waals surface area contributed by atoms with Crippen LogP contribution in [-0.4, -0.2) is 24.0 Å². The van der Waals surface area contributed by atoms with Crippen LogP contribution in [0.25, 0.3) is 0 Å². The van der Waals surface area contributed by atoms with Crippen molar-refractivity contribution in [1.82, 2.24) is 10.3 Å². The van der Waals surface area contributed by atoms with Crippen molar-refractivity contribution >= 4 is 11.6 Å². The van der Waals surface area contributed by atoms with Crippen molar-refractivity contribution in [2.45, 2.75) is 33.1 Å². The van der Waals surface area contributed by atoms with Gasteiger partial charge in [-0.25, -0.2) is 0 Å². The highest BCUT2D eigenvalue weighted by Crippen LogP contribution is 2.34. The molecular formula is C14H21N3O. The lowest BCUT2D eigenvalue weighted by Crippen LogP contribution is -2.44. The number of nitrogens with zero attached hydrogens (tertiary/aromatic N) is 1. The molecule has 0 aromatic carbocycles. The first-order chi connectivity index (χ1) is 8.68. The smallest absolute Gasteiger partial charge is 0.230 e. The highest BCUT2D eigenvalue weighted by Gasteiger charge is 2.37. The lowest BCUT2D eigenvalue weighted by Gasteiger charge is -2.35. The number of carbonyl (C=O) groups is 1. The second kappa shape index (κ2) is 5.48. The summed E-state index contributed by atoms with van der Waals surface area (Å²) in [6, 6.07) is 3.76. The van der Waals surface area contributed by atoms with Gasteiger partial charge in [-0.05, 0) is 51.4 Å². The number of rotatable bonds is 3. The molecular weight excluding hydrogens is 226 g/mol. The lowest BCUT2D eigenvalue weighted by atomic mass is 9.76. The molecule has 1 aromatic rings. The third-order valence-electron chi connectivity index (χ3n) is 3.97. The van der Waals surface area contributed by atoms with E-state index < -0.39 is 0 Å². The van der Waals surface area contributed by atoms with Gasteiger partial charge in [-0.1, -0.05) is 6.92 Å². The second-order valence-electron chi connectivity index (χ2n) is 4.97. The molecule has 0 saturated carbocycles. The molecule has 0 aliphatic carbocycles. The van der Waals surface area contributed by atoms with E-state index in [0.717, 1.165) is 43.7 Å². The van der Waals surface area contributed by atoms with E-state index in [1.807, 2.05) is 19.1 Å². The monoisotopic (exact) mass is 247 g/mol. The molecule has 98 valence electrons. The average molecular weight is 247 g/mol. The van der Waals surface area contributed by atoms with Gasteiger partial charge in [0.05, 0.1) is 16.8 Å². The Morgan fingerprint density at radius 2 is 2.22 bits per heavy atom. The van der Waals surface area contributed by atoms with Gasteiger partial charge in [0.25, 0.3) is 0 Å². The van der Waals surface area contributed by atoms with Gasteiger partial charge in [0.15, 0.2) is 0 Å². The van der Waals surface area contributed by atoms with Crippen LogP contribution in [0.2, 0.25) is 0 Å². The van der Waals surface area contributed by atoms with Crippen LogP contribution in [0.5, 0.6) is 0 Å². The number of anilines is 1. The third kappa shape index (κ3) is 2.53. The van der Waals surface area contributed by atoms with Gasteiger partial charge in [0.1, 0.15) is 0 Å². The Balaban J connectivity index is 2.13. The molecule has 0 atom stereocenters. The first-order valence-electron chi connectivity index (χ1n) is 6.62. The molecule has 0 radical (unpaired) electrons. The van der Waals surface area contributed by atoms with Crippen molar-refractivity contribution in [2.24, 2.45) is 5.41 Å². The zero-order valence-corrected chi connectivity index (χ0v) is 11.1. The Hall–Kier alpha value is -1.42. The number of hydrogen-bond acceptors (Lipinski definition) is 3. The molecule has 1 aliphatic heterocycles. The summed E-state index contributed by atoms with van der Waals surface area (Å²) in [4.78, 5) is 16.7. The summed E-state index contributed by atoms with van der Waals surface area (Å²) in [5.74, 6) is 0.141. The molecule has 1 aromatic heterocycles. The number of pyridine rings is 1. The predicted octanol–water partition coefficient (Wildman–Crippen LogP) is 2.11. The van der Waals surface area contributed by atoms with Crippen molar-refractivity contribution < 1.29 is 4.79 Å². The van der Waals surface area contributed by atoms with Crippen molar-refractivity contribution in [2.75, 3.05) is 18.4 Å². The molecule has 2 heterocycles. The quantitative estimate of drug-likeness (QED) is 0.860. The first kappa shape index (κ1) is 13.0. The van der Waals surface area contributed by atoms with Gasteiger partial charge in [-0.15, -0.1) is 0 Å².